The Hall–Kier alpha value is -3.53. The second-order valence-electron chi connectivity index (χ2n) is 8.12. The van der Waals surface area contributed by atoms with E-state index in [0.29, 0.717) is 51.6 Å². The molecule has 0 N–H and O–H groups in total. The highest BCUT2D eigenvalue weighted by Gasteiger charge is 2.26. The average molecular weight is 467 g/mol. The van der Waals surface area contributed by atoms with Crippen LogP contribution in [0.3, 0.4) is 0 Å². The first-order chi connectivity index (χ1) is 16.6. The van der Waals surface area contributed by atoms with Crippen LogP contribution in [0.15, 0.2) is 36.7 Å². The Kier molecular flexibility index (Phi) is 7.69. The summed E-state index contributed by atoms with van der Waals surface area (Å²) in [6.45, 7) is 6.96. The third-order valence-electron chi connectivity index (χ3n) is 5.86. The highest BCUT2D eigenvalue weighted by Crippen LogP contribution is 2.26. The Balaban J connectivity index is 1.41. The predicted octanol–water partition coefficient (Wildman–Crippen LogP) is 1.79. The molecule has 0 unspecified atom stereocenters. The number of hydrogen-bond acceptors (Lipinski definition) is 8. The quantitative estimate of drug-likeness (QED) is 0.440. The summed E-state index contributed by atoms with van der Waals surface area (Å²) >= 11 is 0. The van der Waals surface area contributed by atoms with Gasteiger partial charge in [0.15, 0.2) is 0 Å². The van der Waals surface area contributed by atoms with E-state index in [4.69, 9.17) is 9.47 Å². The lowest BCUT2D eigenvalue weighted by Crippen LogP contribution is -2.50. The van der Waals surface area contributed by atoms with Crippen LogP contribution < -0.4 is 4.90 Å². The van der Waals surface area contributed by atoms with Crippen LogP contribution in [-0.2, 0) is 32.1 Å². The van der Waals surface area contributed by atoms with Crippen LogP contribution in [0.5, 0.6) is 0 Å². The zero-order chi connectivity index (χ0) is 23.9. The van der Waals surface area contributed by atoms with Crippen LogP contribution in [0.25, 0.3) is 5.78 Å². The van der Waals surface area contributed by atoms with Gasteiger partial charge in [0.1, 0.15) is 18.8 Å². The summed E-state index contributed by atoms with van der Waals surface area (Å²) in [4.78, 5) is 37.4. The number of fused-ring (bicyclic) bond motifs is 1. The Bertz CT molecular complexity index is 1130. The highest BCUT2D eigenvalue weighted by atomic mass is 16.5. The maximum Gasteiger partial charge on any atom is 0.306 e. The van der Waals surface area contributed by atoms with Gasteiger partial charge in [-0.25, -0.2) is 4.98 Å². The predicted molar refractivity (Wildman–Crippen MR) is 125 cm³/mol. The number of nitrogens with zero attached hydrogens (tertiary/aromatic N) is 6. The van der Waals surface area contributed by atoms with Crippen molar-refractivity contribution < 1.29 is 19.1 Å². The van der Waals surface area contributed by atoms with E-state index in [1.54, 1.807) is 11.4 Å². The molecule has 10 heteroatoms. The van der Waals surface area contributed by atoms with E-state index in [9.17, 15) is 9.59 Å². The molecule has 0 bridgehead atoms. The van der Waals surface area contributed by atoms with Gasteiger partial charge in [-0.15, -0.1) is 0 Å². The topological polar surface area (TPSA) is 102 Å². The summed E-state index contributed by atoms with van der Waals surface area (Å²) in [5.41, 5.74) is 2.80. The summed E-state index contributed by atoms with van der Waals surface area (Å²) in [7, 11) is 0. The van der Waals surface area contributed by atoms with Crippen molar-refractivity contribution in [1.29, 1.82) is 0 Å². The number of esters is 1. The van der Waals surface area contributed by atoms with Crippen molar-refractivity contribution in [2.75, 3.05) is 44.3 Å². The molecule has 3 heterocycles. The van der Waals surface area contributed by atoms with Gasteiger partial charge in [0.2, 0.25) is 5.91 Å². The van der Waals surface area contributed by atoms with Gasteiger partial charge in [0, 0.05) is 43.9 Å². The molecule has 34 heavy (non-hydrogen) atoms. The van der Waals surface area contributed by atoms with E-state index in [2.05, 4.69) is 20.0 Å². The van der Waals surface area contributed by atoms with Gasteiger partial charge in [-0.2, -0.15) is 14.6 Å². The second kappa shape index (κ2) is 11.1. The van der Waals surface area contributed by atoms with Gasteiger partial charge in [-0.1, -0.05) is 30.3 Å². The van der Waals surface area contributed by atoms with Gasteiger partial charge >= 0.3 is 5.97 Å². The lowest BCUT2D eigenvalue weighted by atomic mass is 10.1. The number of rotatable bonds is 9. The Morgan fingerprint density at radius 1 is 1.09 bits per heavy atom. The number of aryl methyl sites for hydroxylation is 1. The number of piperazine rings is 1. The molecule has 0 radical (unpaired) electrons. The highest BCUT2D eigenvalue weighted by molar-refractivity contribution is 5.78. The molecule has 2 aromatic heterocycles. The van der Waals surface area contributed by atoms with Crippen LogP contribution in [0.2, 0.25) is 0 Å². The molecule has 0 atom stereocenters. The Labute approximate surface area is 198 Å². The second-order valence-corrected chi connectivity index (χ2v) is 8.12. The average Bonchev–Trinajstić information content (AvgIpc) is 3.31. The third kappa shape index (κ3) is 5.51. The molecule has 0 spiro atoms. The van der Waals surface area contributed by atoms with Crippen molar-refractivity contribution in [1.82, 2.24) is 24.5 Å². The van der Waals surface area contributed by atoms with Crippen molar-refractivity contribution >= 4 is 23.5 Å². The first kappa shape index (κ1) is 23.6. The number of benzene rings is 1. The maximum absolute atomic E-state index is 12.7. The Morgan fingerprint density at radius 2 is 1.85 bits per heavy atom. The molecule has 1 amide bonds. The zero-order valence-electron chi connectivity index (χ0n) is 19.6. The minimum atomic E-state index is -0.238. The number of amides is 1. The molecule has 1 saturated heterocycles. The summed E-state index contributed by atoms with van der Waals surface area (Å²) in [5, 5.41) is 4.37. The molecule has 180 valence electrons. The largest absolute Gasteiger partial charge is 0.466 e. The van der Waals surface area contributed by atoms with Crippen LogP contribution in [0.4, 0.5) is 5.82 Å². The first-order valence-electron chi connectivity index (χ1n) is 11.6. The van der Waals surface area contributed by atoms with Crippen LogP contribution in [-0.4, -0.2) is 75.8 Å². The number of anilines is 1. The van der Waals surface area contributed by atoms with Crippen molar-refractivity contribution in [3.63, 3.8) is 0 Å². The van der Waals surface area contributed by atoms with Crippen molar-refractivity contribution in [2.24, 2.45) is 0 Å². The minimum absolute atomic E-state index is 0.0186. The fourth-order valence-electron chi connectivity index (χ4n) is 4.14. The lowest BCUT2D eigenvalue weighted by Gasteiger charge is -2.37. The number of ether oxygens (including phenoxy) is 2. The van der Waals surface area contributed by atoms with Crippen LogP contribution in [0, 0.1) is 6.92 Å². The van der Waals surface area contributed by atoms with Gasteiger partial charge < -0.3 is 19.3 Å². The molecule has 4 rings (SSSR count). The van der Waals surface area contributed by atoms with E-state index in [1.165, 1.54) is 6.33 Å². The van der Waals surface area contributed by atoms with Gasteiger partial charge in [0.05, 0.1) is 13.2 Å². The smallest absolute Gasteiger partial charge is 0.306 e. The Morgan fingerprint density at radius 3 is 2.59 bits per heavy atom. The third-order valence-corrected chi connectivity index (χ3v) is 5.86. The molecule has 1 aliphatic heterocycles. The normalized spacial score (nSPS) is 13.9. The summed E-state index contributed by atoms with van der Waals surface area (Å²) in [6, 6.07) is 9.81. The van der Waals surface area contributed by atoms with Crippen molar-refractivity contribution in [2.45, 2.75) is 33.3 Å². The van der Waals surface area contributed by atoms with Crippen molar-refractivity contribution in [3.8, 4) is 0 Å². The minimum Gasteiger partial charge on any atom is -0.466 e. The standard InChI is InChI=1S/C24H30N6O4/c1-3-34-22(32)10-9-20-18(2)27-24-25-17-26-30(24)23(20)29-13-11-28(12-14-29)21(31)16-33-15-19-7-5-4-6-8-19/h4-8,17H,3,9-16H2,1-2H3. The van der Waals surface area contributed by atoms with Crippen molar-refractivity contribution in [3.05, 3.63) is 53.5 Å². The van der Waals surface area contributed by atoms with E-state index >= 15 is 0 Å². The van der Waals surface area contributed by atoms with Gasteiger partial charge in [0.25, 0.3) is 5.78 Å². The van der Waals surface area contributed by atoms with Gasteiger partial charge in [-0.05, 0) is 25.8 Å². The fraction of sp³-hybridized carbons (Fsp3) is 0.458. The molecule has 10 nitrogen and oxygen atoms in total. The lowest BCUT2D eigenvalue weighted by molar-refractivity contribution is -0.143. The molecular formula is C24H30N6O4. The molecule has 1 fully saturated rings. The number of hydrogen-bond donors (Lipinski definition) is 0. The van der Waals surface area contributed by atoms with Gasteiger partial charge in [-0.3, -0.25) is 9.59 Å². The van der Waals surface area contributed by atoms with E-state index in [0.717, 1.165) is 22.6 Å². The molecule has 1 aliphatic rings. The SMILES string of the molecule is CCOC(=O)CCc1c(C)nc2ncnn2c1N1CCN(C(=O)COCc2ccccc2)CC1. The van der Waals surface area contributed by atoms with E-state index in [-0.39, 0.29) is 24.9 Å². The van der Waals surface area contributed by atoms with Crippen LogP contribution in [0.1, 0.15) is 30.2 Å². The number of carbonyl (C=O) groups is 2. The monoisotopic (exact) mass is 466 g/mol. The fourth-order valence-corrected chi connectivity index (χ4v) is 4.14. The molecule has 0 saturated carbocycles. The summed E-state index contributed by atoms with van der Waals surface area (Å²) in [5.74, 6) is 1.13. The number of carbonyl (C=O) groups excluding carboxylic acids is 2. The van der Waals surface area contributed by atoms with Crippen LogP contribution >= 0.6 is 0 Å². The molecule has 0 aliphatic carbocycles. The van der Waals surface area contributed by atoms with E-state index < -0.39 is 0 Å². The molecule has 3 aromatic rings. The molecule has 1 aromatic carbocycles. The summed E-state index contributed by atoms with van der Waals surface area (Å²) in [6.07, 6.45) is 2.24. The first-order valence-corrected chi connectivity index (χ1v) is 11.6. The summed E-state index contributed by atoms with van der Waals surface area (Å²) < 4.78 is 12.4. The maximum atomic E-state index is 12.7. The van der Waals surface area contributed by atoms with E-state index in [1.807, 2.05) is 42.2 Å². The number of aromatic nitrogens is 4. The molecular weight excluding hydrogens is 436 g/mol. The zero-order valence-corrected chi connectivity index (χ0v) is 19.6.